The number of hydrogen-bond acceptors (Lipinski definition) is 5. The molecule has 1 aromatic heterocycles. The molecular weight excluding hydrogens is 421 g/mol. The van der Waals surface area contributed by atoms with Crippen molar-refractivity contribution in [2.45, 2.75) is 39.5 Å². The average Bonchev–Trinajstić information content (AvgIpc) is 2.73. The molecule has 3 N–H and O–H groups in total. The number of aromatic nitrogens is 1. The highest BCUT2D eigenvalue weighted by molar-refractivity contribution is 6.32. The molecule has 2 aromatic rings. The Morgan fingerprint density at radius 3 is 2.68 bits per heavy atom. The van der Waals surface area contributed by atoms with E-state index in [1.165, 1.54) is 23.6 Å². The minimum atomic E-state index is -0.676. The maximum absolute atomic E-state index is 14.7. The number of benzene rings is 1. The first-order chi connectivity index (χ1) is 14.8. The zero-order valence-corrected chi connectivity index (χ0v) is 18.2. The van der Waals surface area contributed by atoms with E-state index in [-0.39, 0.29) is 34.5 Å². The van der Waals surface area contributed by atoms with E-state index in [0.29, 0.717) is 29.7 Å². The summed E-state index contributed by atoms with van der Waals surface area (Å²) >= 11 is 6.12. The van der Waals surface area contributed by atoms with Gasteiger partial charge in [0.2, 0.25) is 0 Å². The standard InChI is InChI=1S/C23H23ClFN3O3/c1-3-31-23(30)14-8-9-15(17(25)12-14)20(26)16-6-4-5-7-18(16)28-22(29)19-13(2)10-11-27-21(19)24/h8-12,26H,3-7H2,1-2H3,(H,28,29)/p+1. The van der Waals surface area contributed by atoms with Crippen LogP contribution in [0.4, 0.5) is 4.39 Å². The number of allylic oxidation sites excluding steroid dienone is 2. The summed E-state index contributed by atoms with van der Waals surface area (Å²) in [6.45, 7) is 3.65. The Morgan fingerprint density at radius 1 is 1.26 bits per heavy atom. The van der Waals surface area contributed by atoms with E-state index in [1.54, 1.807) is 19.9 Å². The Labute approximate surface area is 185 Å². The Kier molecular flexibility index (Phi) is 7.30. The van der Waals surface area contributed by atoms with Gasteiger partial charge in [-0.05, 0) is 62.9 Å². The summed E-state index contributed by atoms with van der Waals surface area (Å²) < 4.78 is 19.6. The lowest BCUT2D eigenvalue weighted by atomic mass is 9.89. The van der Waals surface area contributed by atoms with E-state index in [0.717, 1.165) is 24.5 Å². The Hall–Kier alpha value is -2.90. The lowest BCUT2D eigenvalue weighted by Crippen LogP contribution is -2.86. The number of nitrogens with zero attached hydrogens (tertiary/aromatic N) is 1. The van der Waals surface area contributed by atoms with Gasteiger partial charge in [0.15, 0.2) is 0 Å². The van der Waals surface area contributed by atoms with Crippen molar-refractivity contribution in [1.82, 2.24) is 4.98 Å². The second-order valence-electron chi connectivity index (χ2n) is 7.30. The number of esters is 1. The number of carbonyl (C=O) groups is 2. The number of amides is 1. The molecule has 6 nitrogen and oxygen atoms in total. The topological polar surface area (TPSA) is 96.7 Å². The number of ether oxygens (including phenoxy) is 1. The predicted octanol–water partition coefficient (Wildman–Crippen LogP) is 3.96. The number of nitrogens with one attached hydrogen (secondary N) is 1. The quantitative estimate of drug-likeness (QED) is 0.400. The zero-order chi connectivity index (χ0) is 22.5. The molecule has 0 aliphatic heterocycles. The molecule has 0 saturated carbocycles. The van der Waals surface area contributed by atoms with Crippen LogP contribution in [-0.4, -0.2) is 29.2 Å². The fourth-order valence-electron chi connectivity index (χ4n) is 3.65. The molecule has 1 aliphatic rings. The van der Waals surface area contributed by atoms with Crippen molar-refractivity contribution in [2.75, 3.05) is 6.61 Å². The monoisotopic (exact) mass is 444 g/mol. The van der Waals surface area contributed by atoms with Crippen LogP contribution in [0, 0.1) is 18.2 Å². The lowest BCUT2D eigenvalue weighted by Gasteiger charge is -2.19. The van der Waals surface area contributed by atoms with Crippen LogP contribution in [0.25, 0.3) is 0 Å². The first kappa shape index (κ1) is 22.8. The molecule has 1 heterocycles. The molecule has 1 aliphatic carbocycles. The summed E-state index contributed by atoms with van der Waals surface area (Å²) in [6.07, 6.45) is 4.44. The molecule has 0 unspecified atom stereocenters. The summed E-state index contributed by atoms with van der Waals surface area (Å²) in [7, 11) is 0. The molecule has 0 saturated heterocycles. The van der Waals surface area contributed by atoms with Crippen molar-refractivity contribution in [3.05, 3.63) is 75.0 Å². The van der Waals surface area contributed by atoms with Crippen molar-refractivity contribution in [1.29, 1.82) is 5.41 Å². The molecule has 8 heteroatoms. The van der Waals surface area contributed by atoms with Gasteiger partial charge in [0, 0.05) is 23.8 Å². The van der Waals surface area contributed by atoms with Crippen LogP contribution in [0.2, 0.25) is 5.15 Å². The van der Waals surface area contributed by atoms with E-state index in [4.69, 9.17) is 21.7 Å². The number of quaternary nitrogens is 1. The van der Waals surface area contributed by atoms with Gasteiger partial charge in [0.25, 0.3) is 0 Å². The third-order valence-corrected chi connectivity index (χ3v) is 5.51. The van der Waals surface area contributed by atoms with Crippen molar-refractivity contribution in [3.63, 3.8) is 0 Å². The number of aryl methyl sites for hydroxylation is 1. The fraction of sp³-hybridized carbons (Fsp3) is 0.304. The number of pyridine rings is 1. The van der Waals surface area contributed by atoms with E-state index in [2.05, 4.69) is 4.98 Å². The van der Waals surface area contributed by atoms with E-state index >= 15 is 0 Å². The van der Waals surface area contributed by atoms with Crippen LogP contribution in [0.3, 0.4) is 0 Å². The van der Waals surface area contributed by atoms with E-state index in [9.17, 15) is 14.0 Å². The summed E-state index contributed by atoms with van der Waals surface area (Å²) in [4.78, 5) is 28.7. The predicted molar refractivity (Wildman–Crippen MR) is 115 cm³/mol. The van der Waals surface area contributed by atoms with Crippen molar-refractivity contribution in [3.8, 4) is 0 Å². The number of rotatable bonds is 6. The maximum Gasteiger partial charge on any atom is 0.350 e. The minimum absolute atomic E-state index is 0.0145. The van der Waals surface area contributed by atoms with Gasteiger partial charge in [-0.3, -0.25) is 5.41 Å². The first-order valence-electron chi connectivity index (χ1n) is 10.1. The number of carbonyl (C=O) groups excluding carboxylic acids is 2. The van der Waals surface area contributed by atoms with Gasteiger partial charge in [-0.25, -0.2) is 24.3 Å². The van der Waals surface area contributed by atoms with E-state index in [1.807, 2.05) is 0 Å². The van der Waals surface area contributed by atoms with Gasteiger partial charge < -0.3 is 4.74 Å². The SMILES string of the molecule is CCOC(=O)c1ccc(C(=N)C2=C([NH2+]C(=O)c3c(C)ccnc3Cl)CCCC2)c(F)c1. The molecule has 31 heavy (non-hydrogen) atoms. The van der Waals surface area contributed by atoms with Crippen LogP contribution in [-0.2, 0) is 4.74 Å². The Morgan fingerprint density at radius 2 is 2.00 bits per heavy atom. The molecule has 1 aromatic carbocycles. The highest BCUT2D eigenvalue weighted by Gasteiger charge is 2.27. The third kappa shape index (κ3) is 5.06. The Bertz CT molecular complexity index is 1060. The van der Waals surface area contributed by atoms with Crippen molar-refractivity contribution < 1.29 is 24.0 Å². The van der Waals surface area contributed by atoms with E-state index < -0.39 is 11.8 Å². The van der Waals surface area contributed by atoms with Crippen LogP contribution in [0.15, 0.2) is 41.7 Å². The molecule has 0 spiro atoms. The Balaban J connectivity index is 1.91. The third-order valence-electron chi connectivity index (χ3n) is 5.23. The molecule has 3 rings (SSSR count). The largest absolute Gasteiger partial charge is 0.462 e. The van der Waals surface area contributed by atoms with Crippen molar-refractivity contribution in [2.24, 2.45) is 0 Å². The fourth-order valence-corrected chi connectivity index (χ4v) is 3.95. The van der Waals surface area contributed by atoms with Crippen LogP contribution >= 0.6 is 11.6 Å². The van der Waals surface area contributed by atoms with Crippen LogP contribution < -0.4 is 5.32 Å². The minimum Gasteiger partial charge on any atom is -0.462 e. The second-order valence-corrected chi connectivity index (χ2v) is 7.66. The highest BCUT2D eigenvalue weighted by Crippen LogP contribution is 2.26. The maximum atomic E-state index is 14.7. The highest BCUT2D eigenvalue weighted by atomic mass is 35.5. The molecule has 162 valence electrons. The summed E-state index contributed by atoms with van der Waals surface area (Å²) in [5.74, 6) is -1.57. The second kappa shape index (κ2) is 9.94. The first-order valence-corrected chi connectivity index (χ1v) is 10.5. The molecule has 1 amide bonds. The summed E-state index contributed by atoms with van der Waals surface area (Å²) in [6, 6.07) is 5.65. The summed E-state index contributed by atoms with van der Waals surface area (Å²) in [5.41, 5.74) is 2.57. The van der Waals surface area contributed by atoms with Gasteiger partial charge in [0.1, 0.15) is 22.2 Å². The molecular formula is C23H24ClFN3O3+. The normalized spacial score (nSPS) is 13.8. The van der Waals surface area contributed by atoms with Gasteiger partial charge >= 0.3 is 11.9 Å². The van der Waals surface area contributed by atoms with Gasteiger partial charge in [-0.15, -0.1) is 0 Å². The number of nitrogens with two attached hydrogens (primary N) is 1. The number of hydrogen-bond donors (Lipinski definition) is 2. The van der Waals surface area contributed by atoms with Gasteiger partial charge in [0.05, 0.1) is 17.9 Å². The average molecular weight is 445 g/mol. The van der Waals surface area contributed by atoms with Gasteiger partial charge in [-0.2, -0.15) is 0 Å². The van der Waals surface area contributed by atoms with Crippen LogP contribution in [0.1, 0.15) is 64.4 Å². The zero-order valence-electron chi connectivity index (χ0n) is 17.4. The lowest BCUT2D eigenvalue weighted by molar-refractivity contribution is -0.506. The van der Waals surface area contributed by atoms with Crippen molar-refractivity contribution >= 4 is 29.2 Å². The molecule has 0 bridgehead atoms. The smallest absolute Gasteiger partial charge is 0.350 e. The summed E-state index contributed by atoms with van der Waals surface area (Å²) in [5, 5.41) is 10.2. The molecule has 0 fully saturated rings. The molecule has 0 atom stereocenters. The molecule has 0 radical (unpaired) electrons. The number of primary amides is 1. The number of halogens is 2. The van der Waals surface area contributed by atoms with Crippen LogP contribution in [0.5, 0.6) is 0 Å². The van der Waals surface area contributed by atoms with Gasteiger partial charge in [-0.1, -0.05) is 11.6 Å².